The molecule has 1 saturated heterocycles. The molecule has 0 unspecified atom stereocenters. The lowest BCUT2D eigenvalue weighted by Gasteiger charge is -2.43. The monoisotopic (exact) mass is 386 g/mol. The van der Waals surface area contributed by atoms with Gasteiger partial charge in [0, 0.05) is 38.7 Å². The molecular weight excluding hydrogens is 356 g/mol. The van der Waals surface area contributed by atoms with Crippen molar-refractivity contribution >= 4 is 11.8 Å². The zero-order chi connectivity index (χ0) is 19.7. The van der Waals surface area contributed by atoms with E-state index in [2.05, 4.69) is 0 Å². The molecule has 0 radical (unpaired) electrons. The van der Waals surface area contributed by atoms with Crippen LogP contribution in [0.5, 0.6) is 5.75 Å². The van der Waals surface area contributed by atoms with Gasteiger partial charge in [-0.25, -0.2) is 0 Å². The Hall–Kier alpha value is -2.08. The van der Waals surface area contributed by atoms with E-state index in [1.807, 2.05) is 41.1 Å². The number of ether oxygens (including phenoxy) is 2. The summed E-state index contributed by atoms with van der Waals surface area (Å²) in [5, 5.41) is 0. The van der Waals surface area contributed by atoms with E-state index in [1.54, 1.807) is 6.92 Å². The van der Waals surface area contributed by atoms with Crippen LogP contribution in [0.25, 0.3) is 0 Å². The Morgan fingerprint density at radius 3 is 2.61 bits per heavy atom. The van der Waals surface area contributed by atoms with Crippen LogP contribution in [-0.2, 0) is 20.9 Å². The molecule has 2 fully saturated rings. The molecule has 0 bridgehead atoms. The fourth-order valence-corrected chi connectivity index (χ4v) is 4.79. The second kappa shape index (κ2) is 7.74. The van der Waals surface area contributed by atoms with Crippen molar-refractivity contribution in [3.8, 4) is 5.75 Å². The number of fused-ring (bicyclic) bond motifs is 1. The number of rotatable bonds is 2. The number of carbonyl (C=O) groups is 2. The van der Waals surface area contributed by atoms with Crippen LogP contribution in [0.2, 0.25) is 0 Å². The highest BCUT2D eigenvalue weighted by molar-refractivity contribution is 5.81. The summed E-state index contributed by atoms with van der Waals surface area (Å²) in [6.45, 7) is 3.51. The zero-order valence-electron chi connectivity index (χ0n) is 16.9. The largest absolute Gasteiger partial charge is 0.485 e. The van der Waals surface area contributed by atoms with Crippen LogP contribution >= 0.6 is 0 Å². The van der Waals surface area contributed by atoms with E-state index in [1.165, 1.54) is 0 Å². The maximum absolute atomic E-state index is 12.7. The highest BCUT2D eigenvalue weighted by Crippen LogP contribution is 2.39. The predicted molar refractivity (Wildman–Crippen MR) is 105 cm³/mol. The van der Waals surface area contributed by atoms with E-state index >= 15 is 0 Å². The number of hydrogen-bond donors (Lipinski definition) is 0. The highest BCUT2D eigenvalue weighted by Gasteiger charge is 2.43. The molecule has 6 heteroatoms. The van der Waals surface area contributed by atoms with Gasteiger partial charge in [0.05, 0.1) is 6.54 Å². The number of nitrogens with zero attached hydrogens (tertiary/aromatic N) is 2. The van der Waals surface area contributed by atoms with Gasteiger partial charge in [-0.2, -0.15) is 0 Å². The number of benzene rings is 1. The molecule has 0 N–H and O–H groups in total. The molecule has 1 aromatic carbocycles. The first-order valence-electron chi connectivity index (χ1n) is 10.4. The van der Waals surface area contributed by atoms with Crippen molar-refractivity contribution in [2.24, 2.45) is 0 Å². The minimum absolute atomic E-state index is 0.0764. The topological polar surface area (TPSA) is 59.1 Å². The summed E-state index contributed by atoms with van der Waals surface area (Å²) in [7, 11) is 1.90. The van der Waals surface area contributed by atoms with Gasteiger partial charge in [0.2, 0.25) is 5.91 Å². The van der Waals surface area contributed by atoms with Crippen LogP contribution < -0.4 is 4.74 Å². The Morgan fingerprint density at radius 2 is 1.93 bits per heavy atom. The molecule has 1 saturated carbocycles. The lowest BCUT2D eigenvalue weighted by molar-refractivity contribution is -0.143. The fraction of sp³-hybridized carbons (Fsp3) is 0.636. The Kier molecular flexibility index (Phi) is 5.32. The molecule has 6 nitrogen and oxygen atoms in total. The number of carbonyl (C=O) groups excluding carboxylic acids is 2. The molecule has 3 aliphatic rings. The van der Waals surface area contributed by atoms with Crippen LogP contribution in [0.3, 0.4) is 0 Å². The van der Waals surface area contributed by atoms with Crippen molar-refractivity contribution in [2.45, 2.75) is 69.7 Å². The summed E-state index contributed by atoms with van der Waals surface area (Å²) in [4.78, 5) is 28.7. The summed E-state index contributed by atoms with van der Waals surface area (Å²) in [5.74, 6) is 1.07. The Morgan fingerprint density at radius 1 is 1.18 bits per heavy atom. The van der Waals surface area contributed by atoms with Crippen LogP contribution in [0, 0.1) is 0 Å². The molecule has 2 aliphatic heterocycles. The van der Waals surface area contributed by atoms with E-state index < -0.39 is 0 Å². The molecule has 152 valence electrons. The molecule has 0 aromatic heterocycles. The van der Waals surface area contributed by atoms with E-state index in [4.69, 9.17) is 9.47 Å². The molecule has 1 aromatic rings. The standard InChI is InChI=1S/C22H30N2O4/c1-16(25)24-14-17-6-3-4-7-19(17)28-22(15-24)11-9-18(10-12-22)23(2)21(26)20-8-5-13-27-20/h3-4,6-7,18,20H,5,8-15H2,1-2H3/t18?,20-,22?/m0/s1. The third kappa shape index (κ3) is 3.75. The average molecular weight is 386 g/mol. The SMILES string of the molecule is CC(=O)N1Cc2ccccc2OC2(CCC(N(C)C(=O)[C@@H]3CCCO3)CC2)C1. The normalized spacial score (nSPS) is 29.7. The fourth-order valence-electron chi connectivity index (χ4n) is 4.79. The van der Waals surface area contributed by atoms with Gasteiger partial charge in [-0.3, -0.25) is 9.59 Å². The summed E-state index contributed by atoms with van der Waals surface area (Å²) >= 11 is 0. The molecule has 1 aliphatic carbocycles. The summed E-state index contributed by atoms with van der Waals surface area (Å²) < 4.78 is 12.1. The van der Waals surface area contributed by atoms with Gasteiger partial charge in [-0.1, -0.05) is 18.2 Å². The van der Waals surface area contributed by atoms with Crippen LogP contribution in [0.1, 0.15) is 51.0 Å². The van der Waals surface area contributed by atoms with Gasteiger partial charge in [-0.15, -0.1) is 0 Å². The first-order valence-corrected chi connectivity index (χ1v) is 10.4. The third-order valence-corrected chi connectivity index (χ3v) is 6.55. The predicted octanol–water partition coefficient (Wildman–Crippen LogP) is 2.75. The van der Waals surface area contributed by atoms with E-state index in [-0.39, 0.29) is 29.6 Å². The lowest BCUT2D eigenvalue weighted by Crippen LogP contribution is -2.53. The van der Waals surface area contributed by atoms with Crippen LogP contribution in [0.15, 0.2) is 24.3 Å². The van der Waals surface area contributed by atoms with Crippen LogP contribution in [-0.4, -0.2) is 59.6 Å². The van der Waals surface area contributed by atoms with Gasteiger partial charge in [0.1, 0.15) is 17.5 Å². The molecule has 1 atom stereocenters. The quantitative estimate of drug-likeness (QED) is 0.784. The Labute approximate surface area is 166 Å². The zero-order valence-corrected chi connectivity index (χ0v) is 16.9. The summed E-state index contributed by atoms with van der Waals surface area (Å²) in [6, 6.07) is 8.20. The van der Waals surface area contributed by atoms with Crippen molar-refractivity contribution in [1.29, 1.82) is 0 Å². The first kappa shape index (κ1) is 19.2. The molecule has 1 spiro atoms. The van der Waals surface area contributed by atoms with Crippen molar-refractivity contribution in [3.05, 3.63) is 29.8 Å². The molecule has 2 amide bonds. The third-order valence-electron chi connectivity index (χ3n) is 6.55. The second-order valence-electron chi connectivity index (χ2n) is 8.45. The lowest BCUT2D eigenvalue weighted by atomic mass is 9.81. The smallest absolute Gasteiger partial charge is 0.251 e. The molecule has 2 heterocycles. The number of likely N-dealkylation sites (N-methyl/N-ethyl adjacent to an activating group) is 1. The maximum Gasteiger partial charge on any atom is 0.251 e. The summed E-state index contributed by atoms with van der Waals surface area (Å²) in [5.41, 5.74) is 0.685. The van der Waals surface area contributed by atoms with E-state index in [0.717, 1.165) is 49.8 Å². The second-order valence-corrected chi connectivity index (χ2v) is 8.45. The van der Waals surface area contributed by atoms with Crippen molar-refractivity contribution in [2.75, 3.05) is 20.2 Å². The van der Waals surface area contributed by atoms with Gasteiger partial charge in [-0.05, 0) is 44.6 Å². The van der Waals surface area contributed by atoms with Gasteiger partial charge in [0.25, 0.3) is 5.91 Å². The Bertz CT molecular complexity index is 736. The average Bonchev–Trinajstić information content (AvgIpc) is 3.17. The molecule has 4 rings (SSSR count). The molecular formula is C22H30N2O4. The van der Waals surface area contributed by atoms with Crippen molar-refractivity contribution < 1.29 is 19.1 Å². The van der Waals surface area contributed by atoms with Gasteiger partial charge < -0.3 is 19.3 Å². The first-order chi connectivity index (χ1) is 13.5. The maximum atomic E-state index is 12.7. The van der Waals surface area contributed by atoms with E-state index in [0.29, 0.717) is 19.7 Å². The highest BCUT2D eigenvalue weighted by atomic mass is 16.5. The number of para-hydroxylation sites is 1. The van der Waals surface area contributed by atoms with Gasteiger partial charge in [0.15, 0.2) is 0 Å². The summed E-state index contributed by atoms with van der Waals surface area (Å²) in [6.07, 6.45) is 4.94. The minimum Gasteiger partial charge on any atom is -0.485 e. The number of hydrogen-bond acceptors (Lipinski definition) is 4. The molecule has 28 heavy (non-hydrogen) atoms. The number of amides is 2. The van der Waals surface area contributed by atoms with E-state index in [9.17, 15) is 9.59 Å². The Balaban J connectivity index is 1.47. The van der Waals surface area contributed by atoms with Crippen molar-refractivity contribution in [1.82, 2.24) is 9.80 Å². The minimum atomic E-state index is -0.373. The van der Waals surface area contributed by atoms with Crippen LogP contribution in [0.4, 0.5) is 0 Å². The van der Waals surface area contributed by atoms with Crippen molar-refractivity contribution in [3.63, 3.8) is 0 Å². The van der Waals surface area contributed by atoms with Gasteiger partial charge >= 0.3 is 0 Å².